The van der Waals surface area contributed by atoms with Gasteiger partial charge in [-0.2, -0.15) is 0 Å². The molecule has 0 aromatic rings. The van der Waals surface area contributed by atoms with Crippen LogP contribution in [0.15, 0.2) is 0 Å². The van der Waals surface area contributed by atoms with Crippen LogP contribution >= 0.6 is 0 Å². The second kappa shape index (κ2) is 13.3. The van der Waals surface area contributed by atoms with Gasteiger partial charge >= 0.3 is 0 Å². The summed E-state index contributed by atoms with van der Waals surface area (Å²) < 4.78 is 5.67. The van der Waals surface area contributed by atoms with Crippen molar-refractivity contribution < 1.29 is 14.3 Å². The molecule has 0 unspecified atom stereocenters. The Morgan fingerprint density at radius 3 is 2.17 bits per heavy atom. The van der Waals surface area contributed by atoms with Crippen molar-refractivity contribution in [3.8, 4) is 0 Å². The van der Waals surface area contributed by atoms with Crippen LogP contribution in [0.4, 0.5) is 0 Å². The lowest BCUT2D eigenvalue weighted by molar-refractivity contribution is -0.123. The first-order chi connectivity index (χ1) is 11.0. The maximum absolute atomic E-state index is 10.9. The number of aldehydes is 1. The van der Waals surface area contributed by atoms with Crippen LogP contribution in [0, 0.1) is 11.3 Å². The molecule has 0 heterocycles. The van der Waals surface area contributed by atoms with E-state index in [2.05, 4.69) is 10.6 Å². The average Bonchev–Trinajstić information content (AvgIpc) is 2.47. The summed E-state index contributed by atoms with van der Waals surface area (Å²) >= 11 is 0. The molecule has 0 aliphatic rings. The van der Waals surface area contributed by atoms with Gasteiger partial charge < -0.3 is 25.9 Å². The van der Waals surface area contributed by atoms with Crippen molar-refractivity contribution in [3.05, 3.63) is 0 Å². The van der Waals surface area contributed by atoms with Gasteiger partial charge in [0, 0.05) is 31.0 Å². The summed E-state index contributed by atoms with van der Waals surface area (Å²) in [7, 11) is 1.86. The fourth-order valence-electron chi connectivity index (χ4n) is 1.58. The SMILES string of the molecule is CC(C)(C=O)CCOC(C)(C)CCN.CNCCNC(=O)C(C)C. The first-order valence-electron chi connectivity index (χ1n) is 8.74. The smallest absolute Gasteiger partial charge is 0.222 e. The predicted molar refractivity (Wildman–Crippen MR) is 99.9 cm³/mol. The molecule has 0 aliphatic heterocycles. The molecule has 1 amide bonds. The molecule has 4 N–H and O–H groups in total. The van der Waals surface area contributed by atoms with Gasteiger partial charge in [0.2, 0.25) is 5.91 Å². The highest BCUT2D eigenvalue weighted by Crippen LogP contribution is 2.20. The van der Waals surface area contributed by atoms with Crippen LogP contribution in [0.25, 0.3) is 0 Å². The normalized spacial score (nSPS) is 11.7. The second-order valence-electron chi connectivity index (χ2n) is 7.55. The summed E-state index contributed by atoms with van der Waals surface area (Å²) in [6.07, 6.45) is 2.57. The Morgan fingerprint density at radius 1 is 1.17 bits per heavy atom. The highest BCUT2D eigenvalue weighted by molar-refractivity contribution is 5.77. The third-order valence-corrected chi connectivity index (χ3v) is 3.50. The monoisotopic (exact) mass is 345 g/mol. The molecular formula is C18H39N3O3. The van der Waals surface area contributed by atoms with Crippen LogP contribution in [0.2, 0.25) is 0 Å². The molecule has 0 aliphatic carbocycles. The quantitative estimate of drug-likeness (QED) is 0.392. The van der Waals surface area contributed by atoms with Gasteiger partial charge in [0.25, 0.3) is 0 Å². The summed E-state index contributed by atoms with van der Waals surface area (Å²) in [6, 6.07) is 0. The Morgan fingerprint density at radius 2 is 1.75 bits per heavy atom. The third kappa shape index (κ3) is 15.9. The number of nitrogens with one attached hydrogen (secondary N) is 2. The highest BCUT2D eigenvalue weighted by Gasteiger charge is 2.20. The number of amides is 1. The van der Waals surface area contributed by atoms with Gasteiger partial charge in [0.1, 0.15) is 6.29 Å². The Labute approximate surface area is 148 Å². The van der Waals surface area contributed by atoms with E-state index in [4.69, 9.17) is 10.5 Å². The zero-order valence-corrected chi connectivity index (χ0v) is 16.7. The van der Waals surface area contributed by atoms with E-state index in [1.54, 1.807) is 0 Å². The molecule has 0 bridgehead atoms. The van der Waals surface area contributed by atoms with E-state index >= 15 is 0 Å². The number of hydrogen-bond acceptors (Lipinski definition) is 5. The third-order valence-electron chi connectivity index (χ3n) is 3.50. The van der Waals surface area contributed by atoms with Gasteiger partial charge in [0.05, 0.1) is 5.60 Å². The predicted octanol–water partition coefficient (Wildman–Crippen LogP) is 1.72. The van der Waals surface area contributed by atoms with Crippen molar-refractivity contribution in [2.24, 2.45) is 17.1 Å². The number of rotatable bonds is 11. The van der Waals surface area contributed by atoms with Gasteiger partial charge in [-0.05, 0) is 40.3 Å². The molecule has 144 valence electrons. The topological polar surface area (TPSA) is 93.4 Å². The molecule has 24 heavy (non-hydrogen) atoms. The van der Waals surface area contributed by atoms with Gasteiger partial charge in [-0.15, -0.1) is 0 Å². The second-order valence-corrected chi connectivity index (χ2v) is 7.55. The van der Waals surface area contributed by atoms with Crippen molar-refractivity contribution in [2.75, 3.05) is 33.3 Å². The van der Waals surface area contributed by atoms with Crippen LogP contribution in [-0.2, 0) is 14.3 Å². The van der Waals surface area contributed by atoms with Crippen molar-refractivity contribution in [1.82, 2.24) is 10.6 Å². The first-order valence-corrected chi connectivity index (χ1v) is 8.74. The fourth-order valence-corrected chi connectivity index (χ4v) is 1.58. The minimum atomic E-state index is -0.279. The Kier molecular flexibility index (Phi) is 14.0. The maximum Gasteiger partial charge on any atom is 0.222 e. The molecule has 6 heteroatoms. The molecule has 0 spiro atoms. The van der Waals surface area contributed by atoms with Gasteiger partial charge in [0.15, 0.2) is 0 Å². The molecule has 0 atom stereocenters. The number of carbonyl (C=O) groups is 2. The molecule has 0 aromatic heterocycles. The Hall–Kier alpha value is -0.980. The van der Waals surface area contributed by atoms with Crippen molar-refractivity contribution in [1.29, 1.82) is 0 Å². The lowest BCUT2D eigenvalue weighted by Crippen LogP contribution is -2.33. The zero-order chi connectivity index (χ0) is 19.2. The molecular weight excluding hydrogens is 306 g/mol. The van der Waals surface area contributed by atoms with E-state index in [1.165, 1.54) is 0 Å². The summed E-state index contributed by atoms with van der Waals surface area (Å²) in [5, 5.41) is 5.73. The van der Waals surface area contributed by atoms with Crippen molar-refractivity contribution in [2.45, 2.75) is 60.0 Å². The minimum absolute atomic E-state index is 0.0943. The van der Waals surface area contributed by atoms with Crippen LogP contribution in [0.1, 0.15) is 54.4 Å². The minimum Gasteiger partial charge on any atom is -0.375 e. The van der Waals surface area contributed by atoms with E-state index in [9.17, 15) is 9.59 Å². The zero-order valence-electron chi connectivity index (χ0n) is 16.7. The maximum atomic E-state index is 10.9. The van der Waals surface area contributed by atoms with E-state index in [0.717, 1.165) is 25.7 Å². The van der Waals surface area contributed by atoms with Crippen molar-refractivity contribution in [3.63, 3.8) is 0 Å². The highest BCUT2D eigenvalue weighted by atomic mass is 16.5. The molecule has 0 radical (unpaired) electrons. The van der Waals surface area contributed by atoms with Crippen LogP contribution in [-0.4, -0.2) is 51.1 Å². The van der Waals surface area contributed by atoms with E-state index < -0.39 is 0 Å². The fraction of sp³-hybridized carbons (Fsp3) is 0.889. The molecule has 0 saturated carbocycles. The standard InChI is InChI=1S/C11H23NO2.C7H16N2O/c1-10(2,9-13)6-8-14-11(3,4)5-7-12;1-6(2)7(10)9-5-4-8-3/h9H,5-8,12H2,1-4H3;6,8H,4-5H2,1-3H3,(H,9,10). The van der Waals surface area contributed by atoms with Gasteiger partial charge in [-0.3, -0.25) is 4.79 Å². The summed E-state index contributed by atoms with van der Waals surface area (Å²) in [6.45, 7) is 14.4. The first kappa shape index (κ1) is 25.3. The van der Waals surface area contributed by atoms with Crippen LogP contribution in [0.5, 0.6) is 0 Å². The van der Waals surface area contributed by atoms with E-state index in [-0.39, 0.29) is 22.8 Å². The lowest BCUT2D eigenvalue weighted by Gasteiger charge is -2.26. The van der Waals surface area contributed by atoms with E-state index in [1.807, 2.05) is 48.6 Å². The largest absolute Gasteiger partial charge is 0.375 e. The number of ether oxygens (including phenoxy) is 1. The van der Waals surface area contributed by atoms with Gasteiger partial charge in [-0.25, -0.2) is 0 Å². The van der Waals surface area contributed by atoms with Gasteiger partial charge in [-0.1, -0.05) is 27.7 Å². The molecule has 0 fully saturated rings. The summed E-state index contributed by atoms with van der Waals surface area (Å²) in [5.41, 5.74) is 5.01. The lowest BCUT2D eigenvalue weighted by atomic mass is 9.92. The van der Waals surface area contributed by atoms with Crippen molar-refractivity contribution >= 4 is 12.2 Å². The number of likely N-dealkylation sites (N-methyl/N-ethyl adjacent to an activating group) is 1. The average molecular weight is 346 g/mol. The number of nitrogens with two attached hydrogens (primary N) is 1. The molecule has 0 aromatic carbocycles. The Balaban J connectivity index is 0. The molecule has 0 rings (SSSR count). The summed E-state index contributed by atoms with van der Waals surface area (Å²) in [5.74, 6) is 0.215. The summed E-state index contributed by atoms with van der Waals surface area (Å²) in [4.78, 5) is 21.5. The molecule has 6 nitrogen and oxygen atoms in total. The van der Waals surface area contributed by atoms with E-state index in [0.29, 0.717) is 19.7 Å². The van der Waals surface area contributed by atoms with Crippen LogP contribution in [0.3, 0.4) is 0 Å². The Bertz CT molecular complexity index is 342. The number of hydrogen-bond donors (Lipinski definition) is 3. The van der Waals surface area contributed by atoms with Crippen LogP contribution < -0.4 is 16.4 Å². The molecule has 0 saturated heterocycles. The number of carbonyl (C=O) groups excluding carboxylic acids is 2.